The number of hydrogen-bond donors (Lipinski definition) is 0. The fourth-order valence-corrected chi connectivity index (χ4v) is 4.01. The van der Waals surface area contributed by atoms with Crippen LogP contribution >= 0.6 is 0 Å². The van der Waals surface area contributed by atoms with E-state index in [1.807, 2.05) is 19.2 Å². The Morgan fingerprint density at radius 3 is 2.50 bits per heavy atom. The highest BCUT2D eigenvalue weighted by atomic mass is 28.4. The van der Waals surface area contributed by atoms with Crippen LogP contribution in [-0.2, 0) is 16.0 Å². The van der Waals surface area contributed by atoms with Gasteiger partial charge >= 0.3 is 5.97 Å². The Labute approximate surface area is 177 Å². The van der Waals surface area contributed by atoms with Crippen molar-refractivity contribution in [2.45, 2.75) is 45.4 Å². The van der Waals surface area contributed by atoms with E-state index in [0.717, 1.165) is 18.7 Å². The minimum atomic E-state index is -2.39. The van der Waals surface area contributed by atoms with E-state index in [2.05, 4.69) is 30.7 Å². The Bertz CT molecular complexity index is 991. The maximum Gasteiger partial charge on any atom is 0.360 e. The number of rotatable bonds is 5. The topological polar surface area (TPSA) is 82.4 Å². The van der Waals surface area contributed by atoms with E-state index in [-0.39, 0.29) is 16.5 Å². The van der Waals surface area contributed by atoms with Crippen LogP contribution in [0.5, 0.6) is 5.75 Å². The minimum Gasteiger partial charge on any atom is -0.538 e. The first-order valence-corrected chi connectivity index (χ1v) is 13.1. The Morgan fingerprint density at radius 2 is 1.90 bits per heavy atom. The first-order valence-electron chi connectivity index (χ1n) is 10.2. The van der Waals surface area contributed by atoms with Gasteiger partial charge in [-0.25, -0.2) is 9.78 Å². The van der Waals surface area contributed by atoms with Crippen LogP contribution in [0.1, 0.15) is 36.8 Å². The summed E-state index contributed by atoms with van der Waals surface area (Å²) in [7, 11) is -1.12. The van der Waals surface area contributed by atoms with E-state index in [1.54, 1.807) is 12.3 Å². The molecule has 0 spiro atoms. The van der Waals surface area contributed by atoms with Crippen molar-refractivity contribution >= 4 is 19.9 Å². The van der Waals surface area contributed by atoms with Gasteiger partial charge in [-0.2, -0.15) is 0 Å². The van der Waals surface area contributed by atoms with E-state index in [9.17, 15) is 9.59 Å². The number of fused-ring (bicyclic) bond motifs is 1. The molecule has 3 rings (SSSR count). The summed E-state index contributed by atoms with van der Waals surface area (Å²) in [6, 6.07) is 3.67. The molecular formula is C21H31N3O5Si. The number of nitrogens with zero attached hydrogens (tertiary/aromatic N) is 3. The number of morpholine rings is 1. The largest absolute Gasteiger partial charge is 0.538 e. The molecule has 2 aromatic rings. The molecule has 9 heteroatoms. The molecule has 0 atom stereocenters. The highest BCUT2D eigenvalue weighted by molar-refractivity contribution is 6.74. The number of ether oxygens (including phenoxy) is 2. The van der Waals surface area contributed by atoms with Crippen LogP contribution < -0.4 is 9.99 Å². The van der Waals surface area contributed by atoms with Crippen molar-refractivity contribution in [2.24, 2.45) is 0 Å². The Balaban J connectivity index is 2.08. The minimum absolute atomic E-state index is 0.0329. The van der Waals surface area contributed by atoms with Gasteiger partial charge in [-0.05, 0) is 29.8 Å². The molecule has 1 fully saturated rings. The van der Waals surface area contributed by atoms with Gasteiger partial charge < -0.3 is 13.9 Å². The van der Waals surface area contributed by atoms with Gasteiger partial charge in [0.1, 0.15) is 5.65 Å². The first-order chi connectivity index (χ1) is 14.0. The maximum atomic E-state index is 13.4. The van der Waals surface area contributed by atoms with Crippen molar-refractivity contribution in [2.75, 3.05) is 33.4 Å². The molecule has 0 amide bonds. The van der Waals surface area contributed by atoms with E-state index < -0.39 is 19.8 Å². The molecule has 0 saturated carbocycles. The van der Waals surface area contributed by atoms with Gasteiger partial charge in [0, 0.05) is 25.8 Å². The van der Waals surface area contributed by atoms with E-state index in [1.165, 1.54) is 11.5 Å². The van der Waals surface area contributed by atoms with Gasteiger partial charge in [0.25, 0.3) is 13.9 Å². The smallest absolute Gasteiger partial charge is 0.360 e. The molecule has 0 aromatic carbocycles. The second-order valence-electron chi connectivity index (χ2n) is 9.10. The highest BCUT2D eigenvalue weighted by Crippen LogP contribution is 2.37. The molecule has 0 unspecified atom stereocenters. The molecule has 3 heterocycles. The van der Waals surface area contributed by atoms with E-state index in [4.69, 9.17) is 13.9 Å². The molecule has 8 nitrogen and oxygen atoms in total. The maximum absolute atomic E-state index is 13.4. The van der Waals surface area contributed by atoms with Gasteiger partial charge in [-0.15, -0.1) is 0 Å². The summed E-state index contributed by atoms with van der Waals surface area (Å²) >= 11 is 0. The SMILES string of the molecule is COC(=O)c1nc2ccc(CN3CCOCC3)cn2c(=O)c1O[Si](C)(C)C(C)(C)C. The lowest BCUT2D eigenvalue weighted by Crippen LogP contribution is -2.46. The number of methoxy groups -OCH3 is 1. The second-order valence-corrected chi connectivity index (χ2v) is 13.8. The van der Waals surface area contributed by atoms with Gasteiger partial charge in [0.15, 0.2) is 5.69 Å². The quantitative estimate of drug-likeness (QED) is 0.530. The lowest BCUT2D eigenvalue weighted by atomic mass is 10.2. The fraction of sp³-hybridized carbons (Fsp3) is 0.571. The normalized spacial score (nSPS) is 15.9. The molecule has 0 bridgehead atoms. The third-order valence-corrected chi connectivity index (χ3v) is 10.2. The van der Waals surface area contributed by atoms with Gasteiger partial charge in [0.05, 0.1) is 20.3 Å². The third kappa shape index (κ3) is 4.58. The van der Waals surface area contributed by atoms with Crippen molar-refractivity contribution in [3.63, 3.8) is 0 Å². The first kappa shape index (κ1) is 22.5. The van der Waals surface area contributed by atoms with Crippen LogP contribution in [0.4, 0.5) is 0 Å². The van der Waals surface area contributed by atoms with Crippen LogP contribution in [0.15, 0.2) is 23.1 Å². The van der Waals surface area contributed by atoms with Crippen molar-refractivity contribution < 1.29 is 18.7 Å². The van der Waals surface area contributed by atoms with Crippen LogP contribution in [0, 0.1) is 0 Å². The van der Waals surface area contributed by atoms with Crippen molar-refractivity contribution in [3.8, 4) is 5.75 Å². The summed E-state index contributed by atoms with van der Waals surface area (Å²) in [6.45, 7) is 14.1. The summed E-state index contributed by atoms with van der Waals surface area (Å²) in [6.07, 6.45) is 1.78. The number of carbonyl (C=O) groups excluding carboxylic acids is 1. The zero-order valence-electron chi connectivity index (χ0n) is 18.7. The average Bonchev–Trinajstić information content (AvgIpc) is 2.69. The van der Waals surface area contributed by atoms with Crippen LogP contribution in [0.3, 0.4) is 0 Å². The monoisotopic (exact) mass is 433 g/mol. The Hall–Kier alpha value is -2.23. The van der Waals surface area contributed by atoms with Gasteiger partial charge in [-0.1, -0.05) is 26.8 Å². The molecule has 0 radical (unpaired) electrons. The van der Waals surface area contributed by atoms with Gasteiger partial charge in [0.2, 0.25) is 5.75 Å². The average molecular weight is 434 g/mol. The molecule has 30 heavy (non-hydrogen) atoms. The third-order valence-electron chi connectivity index (χ3n) is 5.89. The number of hydrogen-bond acceptors (Lipinski definition) is 7. The summed E-state index contributed by atoms with van der Waals surface area (Å²) in [4.78, 5) is 32.5. The lowest BCUT2D eigenvalue weighted by molar-refractivity contribution is 0.0341. The summed E-state index contributed by atoms with van der Waals surface area (Å²) in [5.74, 6) is -0.713. The summed E-state index contributed by atoms with van der Waals surface area (Å²) < 4.78 is 18.0. The zero-order chi connectivity index (χ0) is 22.1. The predicted octanol–water partition coefficient (Wildman–Crippen LogP) is 2.70. The zero-order valence-corrected chi connectivity index (χ0v) is 19.7. The lowest BCUT2D eigenvalue weighted by Gasteiger charge is -2.36. The van der Waals surface area contributed by atoms with E-state index >= 15 is 0 Å². The molecule has 1 aliphatic rings. The number of pyridine rings is 1. The molecule has 0 aliphatic carbocycles. The van der Waals surface area contributed by atoms with Crippen LogP contribution in [-0.4, -0.2) is 62.0 Å². The number of esters is 1. The summed E-state index contributed by atoms with van der Waals surface area (Å²) in [5.41, 5.74) is 0.897. The van der Waals surface area contributed by atoms with Gasteiger partial charge in [-0.3, -0.25) is 14.1 Å². The molecule has 1 aliphatic heterocycles. The second kappa shape index (κ2) is 8.48. The van der Waals surface area contributed by atoms with Crippen molar-refractivity contribution in [3.05, 3.63) is 39.9 Å². The molecule has 2 aromatic heterocycles. The van der Waals surface area contributed by atoms with Crippen LogP contribution in [0.25, 0.3) is 5.65 Å². The highest BCUT2D eigenvalue weighted by Gasteiger charge is 2.41. The Morgan fingerprint density at radius 1 is 1.23 bits per heavy atom. The van der Waals surface area contributed by atoms with Crippen molar-refractivity contribution in [1.29, 1.82) is 0 Å². The predicted molar refractivity (Wildman–Crippen MR) is 117 cm³/mol. The fourth-order valence-electron chi connectivity index (χ4n) is 3.01. The Kier molecular flexibility index (Phi) is 6.35. The molecule has 1 saturated heterocycles. The van der Waals surface area contributed by atoms with E-state index in [0.29, 0.717) is 25.4 Å². The molecular weight excluding hydrogens is 402 g/mol. The summed E-state index contributed by atoms with van der Waals surface area (Å²) in [5, 5.41) is -0.148. The van der Waals surface area contributed by atoms with Crippen LogP contribution in [0.2, 0.25) is 18.1 Å². The molecule has 0 N–H and O–H groups in total. The number of aromatic nitrogens is 2. The number of carbonyl (C=O) groups is 1. The van der Waals surface area contributed by atoms with Crippen molar-refractivity contribution in [1.82, 2.24) is 14.3 Å². The standard InChI is InChI=1S/C21H31N3O5Si/c1-21(2,3)30(5,6)29-18-17(20(26)27-4)22-16-8-7-15(14-24(16)19(18)25)13-23-9-11-28-12-10-23/h7-8,14H,9-13H2,1-6H3. The molecule has 164 valence electrons.